The third kappa shape index (κ3) is 3.82. The zero-order chi connectivity index (χ0) is 20.7. The molecule has 3 heterocycles. The van der Waals surface area contributed by atoms with Gasteiger partial charge in [0, 0.05) is 26.3 Å². The fraction of sp³-hybridized carbons (Fsp3) is 0.647. The molecule has 7 nitrogen and oxygen atoms in total. The predicted octanol–water partition coefficient (Wildman–Crippen LogP) is 3.27. The minimum absolute atomic E-state index is 0.0967. The highest BCUT2D eigenvalue weighted by Gasteiger charge is 2.40. The molecule has 1 fully saturated rings. The first-order valence-electron chi connectivity index (χ1n) is 9.22. The van der Waals surface area contributed by atoms with Crippen LogP contribution in [0.5, 0.6) is 0 Å². The predicted molar refractivity (Wildman–Crippen MR) is 95.9 cm³/mol. The van der Waals surface area contributed by atoms with Crippen LogP contribution in [0.25, 0.3) is 0 Å². The van der Waals surface area contributed by atoms with Crippen LogP contribution in [0.2, 0.25) is 0 Å². The summed E-state index contributed by atoms with van der Waals surface area (Å²) in [5, 5.41) is 7.78. The molecule has 2 aromatic heterocycles. The Kier molecular flexibility index (Phi) is 5.59. The molecule has 0 radical (unpaired) electrons. The molecule has 1 saturated heterocycles. The van der Waals surface area contributed by atoms with E-state index in [1.807, 2.05) is 6.92 Å². The second kappa shape index (κ2) is 7.51. The lowest BCUT2D eigenvalue weighted by Crippen LogP contribution is -2.36. The van der Waals surface area contributed by atoms with E-state index >= 15 is 0 Å². The molecule has 1 aliphatic rings. The number of aryl methyl sites for hydroxylation is 3. The first-order chi connectivity index (χ1) is 13.1. The summed E-state index contributed by atoms with van der Waals surface area (Å²) in [5.74, 6) is 0. The van der Waals surface area contributed by atoms with Gasteiger partial charge in [0.1, 0.15) is 4.90 Å². The number of hydrogen-bond donors (Lipinski definition) is 0. The van der Waals surface area contributed by atoms with Gasteiger partial charge in [-0.1, -0.05) is 12.8 Å². The lowest BCUT2D eigenvalue weighted by atomic mass is 10.1. The third-order valence-electron chi connectivity index (χ3n) is 5.06. The molecule has 3 rings (SSSR count). The molecule has 0 bridgehead atoms. The van der Waals surface area contributed by atoms with E-state index in [-0.39, 0.29) is 17.1 Å². The van der Waals surface area contributed by atoms with E-state index in [0.29, 0.717) is 25.1 Å². The number of halogens is 3. The van der Waals surface area contributed by atoms with Crippen LogP contribution in [0.1, 0.15) is 55.7 Å². The van der Waals surface area contributed by atoms with E-state index in [1.165, 1.54) is 17.5 Å². The quantitative estimate of drug-likeness (QED) is 0.763. The molecular formula is C17H24F3N5O2S. The summed E-state index contributed by atoms with van der Waals surface area (Å²) in [6.45, 7) is 4.25. The lowest BCUT2D eigenvalue weighted by molar-refractivity contribution is -0.141. The van der Waals surface area contributed by atoms with Gasteiger partial charge in [0.05, 0.1) is 17.4 Å². The number of rotatable bonds is 4. The SMILES string of the molecule is CCn1cc(S(=O)(=O)N2CCCCCC2c2cc(C(F)(F)F)nn2C)c(C)n1. The highest BCUT2D eigenvalue weighted by molar-refractivity contribution is 7.89. The Bertz CT molecular complexity index is 949. The van der Waals surface area contributed by atoms with Gasteiger partial charge in [-0.15, -0.1) is 0 Å². The highest BCUT2D eigenvalue weighted by Crippen LogP contribution is 2.37. The van der Waals surface area contributed by atoms with Gasteiger partial charge >= 0.3 is 6.18 Å². The van der Waals surface area contributed by atoms with Crippen LogP contribution in [0.15, 0.2) is 17.2 Å². The van der Waals surface area contributed by atoms with Crippen molar-refractivity contribution in [3.8, 4) is 0 Å². The van der Waals surface area contributed by atoms with Crippen molar-refractivity contribution >= 4 is 10.0 Å². The molecule has 2 aromatic rings. The van der Waals surface area contributed by atoms with Gasteiger partial charge in [-0.3, -0.25) is 9.36 Å². The average Bonchev–Trinajstić information content (AvgIpc) is 3.09. The van der Waals surface area contributed by atoms with Crippen molar-refractivity contribution in [2.24, 2.45) is 7.05 Å². The van der Waals surface area contributed by atoms with Gasteiger partial charge in [-0.05, 0) is 32.8 Å². The van der Waals surface area contributed by atoms with E-state index in [2.05, 4.69) is 10.2 Å². The van der Waals surface area contributed by atoms with E-state index in [4.69, 9.17) is 0 Å². The van der Waals surface area contributed by atoms with Gasteiger partial charge < -0.3 is 0 Å². The van der Waals surface area contributed by atoms with Crippen molar-refractivity contribution in [3.63, 3.8) is 0 Å². The third-order valence-corrected chi connectivity index (χ3v) is 7.07. The summed E-state index contributed by atoms with van der Waals surface area (Å²) >= 11 is 0. The van der Waals surface area contributed by atoms with Crippen LogP contribution >= 0.6 is 0 Å². The summed E-state index contributed by atoms with van der Waals surface area (Å²) < 4.78 is 70.1. The molecule has 1 aliphatic heterocycles. The largest absolute Gasteiger partial charge is 0.435 e. The Morgan fingerprint density at radius 3 is 2.50 bits per heavy atom. The zero-order valence-corrected chi connectivity index (χ0v) is 16.9. The first kappa shape index (κ1) is 20.8. The van der Waals surface area contributed by atoms with Crippen molar-refractivity contribution in [2.45, 2.75) is 63.2 Å². The van der Waals surface area contributed by atoms with Gasteiger partial charge in [0.25, 0.3) is 0 Å². The van der Waals surface area contributed by atoms with Crippen molar-refractivity contribution in [1.82, 2.24) is 23.9 Å². The summed E-state index contributed by atoms with van der Waals surface area (Å²) in [5.41, 5.74) is -0.384. The Balaban J connectivity index is 2.07. The van der Waals surface area contributed by atoms with Crippen molar-refractivity contribution in [2.75, 3.05) is 6.54 Å². The number of aromatic nitrogens is 4. The topological polar surface area (TPSA) is 73.0 Å². The molecule has 1 unspecified atom stereocenters. The number of alkyl halides is 3. The lowest BCUT2D eigenvalue weighted by Gasteiger charge is -2.29. The molecule has 0 saturated carbocycles. The van der Waals surface area contributed by atoms with Gasteiger partial charge in [-0.2, -0.15) is 27.7 Å². The molecule has 0 N–H and O–H groups in total. The molecule has 1 atom stereocenters. The minimum atomic E-state index is -4.58. The molecule has 11 heteroatoms. The average molecular weight is 419 g/mol. The second-order valence-corrected chi connectivity index (χ2v) is 8.85. The zero-order valence-electron chi connectivity index (χ0n) is 16.1. The molecule has 0 aromatic carbocycles. The van der Waals surface area contributed by atoms with Crippen LogP contribution < -0.4 is 0 Å². The maximum atomic E-state index is 13.4. The molecular weight excluding hydrogens is 395 g/mol. The van der Waals surface area contributed by atoms with E-state index in [9.17, 15) is 21.6 Å². The molecule has 156 valence electrons. The first-order valence-corrected chi connectivity index (χ1v) is 10.7. The van der Waals surface area contributed by atoms with Crippen LogP contribution in [-0.2, 0) is 29.8 Å². The number of hydrogen-bond acceptors (Lipinski definition) is 4. The summed E-state index contributed by atoms with van der Waals surface area (Å²) in [6.07, 6.45) is -0.450. The summed E-state index contributed by atoms with van der Waals surface area (Å²) in [7, 11) is -2.50. The fourth-order valence-electron chi connectivity index (χ4n) is 3.64. The van der Waals surface area contributed by atoms with Gasteiger partial charge in [-0.25, -0.2) is 8.42 Å². The number of nitrogens with zero attached hydrogens (tertiary/aromatic N) is 5. The van der Waals surface area contributed by atoms with Crippen LogP contribution in [0.4, 0.5) is 13.2 Å². The Morgan fingerprint density at radius 2 is 1.93 bits per heavy atom. The van der Waals surface area contributed by atoms with Gasteiger partial charge in [0.15, 0.2) is 5.69 Å². The maximum absolute atomic E-state index is 13.4. The molecule has 0 aliphatic carbocycles. The van der Waals surface area contributed by atoms with E-state index < -0.39 is 27.9 Å². The van der Waals surface area contributed by atoms with Gasteiger partial charge in [0.2, 0.25) is 10.0 Å². The Morgan fingerprint density at radius 1 is 1.21 bits per heavy atom. The standard InChI is InChI=1S/C17H24F3N5O2S/c1-4-24-11-15(12(2)21-24)28(26,27)25-9-7-5-6-8-13(25)14-10-16(17(18,19)20)22-23(14)3/h10-11,13H,4-9H2,1-3H3. The summed E-state index contributed by atoms with van der Waals surface area (Å²) in [6, 6.07) is 0.256. The highest BCUT2D eigenvalue weighted by atomic mass is 32.2. The Labute approximate surface area is 162 Å². The number of sulfonamides is 1. The van der Waals surface area contributed by atoms with E-state index in [1.54, 1.807) is 11.6 Å². The Hall–Kier alpha value is -1.88. The maximum Gasteiger partial charge on any atom is 0.435 e. The van der Waals surface area contributed by atoms with Crippen LogP contribution in [0, 0.1) is 6.92 Å². The van der Waals surface area contributed by atoms with Crippen molar-refractivity contribution in [1.29, 1.82) is 0 Å². The fourth-order valence-corrected chi connectivity index (χ4v) is 5.48. The van der Waals surface area contributed by atoms with Crippen LogP contribution in [0.3, 0.4) is 0 Å². The monoisotopic (exact) mass is 419 g/mol. The van der Waals surface area contributed by atoms with Crippen molar-refractivity contribution < 1.29 is 21.6 Å². The van der Waals surface area contributed by atoms with Crippen LogP contribution in [-0.4, -0.2) is 38.8 Å². The van der Waals surface area contributed by atoms with E-state index in [0.717, 1.165) is 23.6 Å². The molecule has 0 spiro atoms. The molecule has 28 heavy (non-hydrogen) atoms. The normalized spacial score (nSPS) is 19.7. The molecule has 0 amide bonds. The minimum Gasteiger partial charge on any atom is -0.271 e. The smallest absolute Gasteiger partial charge is 0.271 e. The summed E-state index contributed by atoms with van der Waals surface area (Å²) in [4.78, 5) is 0.0967. The van der Waals surface area contributed by atoms with Crippen molar-refractivity contribution in [3.05, 3.63) is 29.3 Å². The second-order valence-electron chi connectivity index (χ2n) is 6.99.